The van der Waals surface area contributed by atoms with Gasteiger partial charge < -0.3 is 8.83 Å². The van der Waals surface area contributed by atoms with Crippen LogP contribution in [-0.2, 0) is 0 Å². The summed E-state index contributed by atoms with van der Waals surface area (Å²) in [6, 6.07) is 92.3. The van der Waals surface area contributed by atoms with Crippen molar-refractivity contribution >= 4 is 87.0 Å². The fourth-order valence-electron chi connectivity index (χ4n) is 12.0. The lowest BCUT2D eigenvalue weighted by atomic mass is 9.83. The number of fused-ring (bicyclic) bond motifs is 10. The van der Waals surface area contributed by atoms with Crippen molar-refractivity contribution in [2.24, 2.45) is 0 Å². The smallest absolute Gasteiger partial charge is 0.143 e. The van der Waals surface area contributed by atoms with Crippen molar-refractivity contribution < 1.29 is 8.83 Å². The van der Waals surface area contributed by atoms with Crippen molar-refractivity contribution in [1.82, 2.24) is 0 Å². The van der Waals surface area contributed by atoms with Gasteiger partial charge in [-0.25, -0.2) is 0 Å². The van der Waals surface area contributed by atoms with Gasteiger partial charge in [-0.15, -0.1) is 0 Å². The Morgan fingerprint density at radius 1 is 0.194 bits per heavy atom. The van der Waals surface area contributed by atoms with Gasteiger partial charge in [-0.3, -0.25) is 0 Å². The van der Waals surface area contributed by atoms with Crippen molar-refractivity contribution in [3.63, 3.8) is 0 Å². The molecule has 0 amide bonds. The van der Waals surface area contributed by atoms with Crippen LogP contribution in [0.3, 0.4) is 0 Å². The Kier molecular flexibility index (Phi) is 8.99. The first-order chi connectivity index (χ1) is 35.7. The SMILES string of the molecule is c1ccc(-c2c3ccccc3c(-c3cccc4oc5ccccc5c34)c3ccc(-c4ccc5c(c4)oc4c(-c6ccccc6)ccc(-c6c7ccccc7c(-c7ccccc7)c7ccccc67)c45)cc23)cc1. The van der Waals surface area contributed by atoms with Crippen molar-refractivity contribution in [3.8, 4) is 66.8 Å². The molecule has 2 heteroatoms. The minimum atomic E-state index is 0.850. The highest BCUT2D eigenvalue weighted by atomic mass is 16.3. The van der Waals surface area contributed by atoms with Crippen LogP contribution in [0.5, 0.6) is 0 Å². The number of para-hydroxylation sites is 1. The molecule has 0 bridgehead atoms. The Labute approximate surface area is 415 Å². The molecule has 2 nitrogen and oxygen atoms in total. The van der Waals surface area contributed by atoms with Gasteiger partial charge in [-0.1, -0.05) is 218 Å². The Morgan fingerprint density at radius 2 is 0.611 bits per heavy atom. The second-order valence-corrected chi connectivity index (χ2v) is 18.9. The van der Waals surface area contributed by atoms with E-state index in [4.69, 9.17) is 8.83 Å². The van der Waals surface area contributed by atoms with Crippen LogP contribution >= 0.6 is 0 Å². The zero-order valence-electron chi connectivity index (χ0n) is 39.1. The molecular formula is C70H42O2. The van der Waals surface area contributed by atoms with Crippen LogP contribution < -0.4 is 0 Å². The van der Waals surface area contributed by atoms with Crippen molar-refractivity contribution in [3.05, 3.63) is 255 Å². The first kappa shape index (κ1) is 40.4. The molecule has 2 aromatic heterocycles. The predicted molar refractivity (Wildman–Crippen MR) is 304 cm³/mol. The van der Waals surface area contributed by atoms with Crippen molar-refractivity contribution in [1.29, 1.82) is 0 Å². The molecule has 0 N–H and O–H groups in total. The molecule has 0 fully saturated rings. The van der Waals surface area contributed by atoms with Gasteiger partial charge in [0.2, 0.25) is 0 Å². The van der Waals surface area contributed by atoms with E-state index in [1.165, 1.54) is 76.5 Å². The highest BCUT2D eigenvalue weighted by molar-refractivity contribution is 6.28. The highest BCUT2D eigenvalue weighted by Gasteiger charge is 2.24. The van der Waals surface area contributed by atoms with E-state index in [1.54, 1.807) is 0 Å². The van der Waals surface area contributed by atoms with E-state index in [0.29, 0.717) is 0 Å². The van der Waals surface area contributed by atoms with Crippen LogP contribution in [0.15, 0.2) is 264 Å². The molecule has 72 heavy (non-hydrogen) atoms. The van der Waals surface area contributed by atoms with Crippen molar-refractivity contribution in [2.75, 3.05) is 0 Å². The Morgan fingerprint density at radius 3 is 1.21 bits per heavy atom. The molecule has 0 unspecified atom stereocenters. The summed E-state index contributed by atoms with van der Waals surface area (Å²) in [4.78, 5) is 0. The minimum absolute atomic E-state index is 0.850. The monoisotopic (exact) mass is 914 g/mol. The lowest BCUT2D eigenvalue weighted by Gasteiger charge is -2.19. The van der Waals surface area contributed by atoms with Gasteiger partial charge in [0.05, 0.1) is 0 Å². The van der Waals surface area contributed by atoms with E-state index in [-0.39, 0.29) is 0 Å². The van der Waals surface area contributed by atoms with Gasteiger partial charge in [0, 0.05) is 27.1 Å². The molecule has 0 spiro atoms. The average molecular weight is 915 g/mol. The van der Waals surface area contributed by atoms with Gasteiger partial charge >= 0.3 is 0 Å². The van der Waals surface area contributed by atoms with Crippen LogP contribution in [-0.4, -0.2) is 0 Å². The molecule has 0 aliphatic carbocycles. The number of hydrogen-bond donors (Lipinski definition) is 0. The molecule has 13 aromatic carbocycles. The molecule has 0 aliphatic heterocycles. The zero-order valence-corrected chi connectivity index (χ0v) is 39.1. The van der Waals surface area contributed by atoms with Gasteiger partial charge in [0.1, 0.15) is 22.3 Å². The maximum absolute atomic E-state index is 7.25. The van der Waals surface area contributed by atoms with E-state index >= 15 is 0 Å². The normalized spacial score (nSPS) is 11.9. The molecule has 0 saturated carbocycles. The fraction of sp³-hybridized carbons (Fsp3) is 0. The Balaban J connectivity index is 0.992. The summed E-state index contributed by atoms with van der Waals surface area (Å²) in [6.07, 6.45) is 0. The van der Waals surface area contributed by atoms with Crippen LogP contribution in [0.1, 0.15) is 0 Å². The molecule has 0 aliphatic rings. The summed E-state index contributed by atoms with van der Waals surface area (Å²) in [6.45, 7) is 0. The molecule has 15 rings (SSSR count). The molecule has 0 radical (unpaired) electrons. The number of benzene rings is 13. The number of rotatable bonds is 6. The third-order valence-corrected chi connectivity index (χ3v) is 15.1. The number of furan rings is 2. The second-order valence-electron chi connectivity index (χ2n) is 18.9. The topological polar surface area (TPSA) is 26.3 Å². The zero-order chi connectivity index (χ0) is 47.3. The van der Waals surface area contributed by atoms with Crippen LogP contribution in [0.25, 0.3) is 154 Å². The minimum Gasteiger partial charge on any atom is -0.456 e. The van der Waals surface area contributed by atoms with E-state index in [2.05, 4.69) is 249 Å². The van der Waals surface area contributed by atoms with Crippen molar-refractivity contribution in [2.45, 2.75) is 0 Å². The summed E-state index contributed by atoms with van der Waals surface area (Å²) in [5, 5.41) is 14.1. The maximum atomic E-state index is 7.25. The first-order valence-electron chi connectivity index (χ1n) is 24.7. The molecule has 334 valence electrons. The van der Waals surface area contributed by atoms with E-state index < -0.39 is 0 Å². The summed E-state index contributed by atoms with van der Waals surface area (Å²) in [5.74, 6) is 0. The van der Waals surface area contributed by atoms with Crippen LogP contribution in [0.2, 0.25) is 0 Å². The van der Waals surface area contributed by atoms with E-state index in [9.17, 15) is 0 Å². The third kappa shape index (κ3) is 6.09. The lowest BCUT2D eigenvalue weighted by molar-refractivity contribution is 0.669. The summed E-state index contributed by atoms with van der Waals surface area (Å²) in [7, 11) is 0. The average Bonchev–Trinajstić information content (AvgIpc) is 4.03. The van der Waals surface area contributed by atoms with Gasteiger partial charge in [-0.05, 0) is 141 Å². The first-order valence-corrected chi connectivity index (χ1v) is 24.7. The molecule has 15 aromatic rings. The van der Waals surface area contributed by atoms with Gasteiger partial charge in [-0.2, -0.15) is 0 Å². The quantitative estimate of drug-likeness (QED) is 0.155. The van der Waals surface area contributed by atoms with E-state index in [0.717, 1.165) is 77.3 Å². The summed E-state index contributed by atoms with van der Waals surface area (Å²) >= 11 is 0. The third-order valence-electron chi connectivity index (χ3n) is 15.1. The molecular weight excluding hydrogens is 873 g/mol. The second kappa shape index (κ2) is 16.0. The lowest BCUT2D eigenvalue weighted by Crippen LogP contribution is -1.92. The van der Waals surface area contributed by atoms with Gasteiger partial charge in [0.25, 0.3) is 0 Å². The number of hydrogen-bond acceptors (Lipinski definition) is 2. The predicted octanol–water partition coefficient (Wildman–Crippen LogP) is 20.1. The largest absolute Gasteiger partial charge is 0.456 e. The highest BCUT2D eigenvalue weighted by Crippen LogP contribution is 2.51. The van der Waals surface area contributed by atoms with Crippen LogP contribution in [0.4, 0.5) is 0 Å². The summed E-state index contributed by atoms with van der Waals surface area (Å²) < 4.78 is 13.7. The molecule has 2 heterocycles. The Bertz CT molecular complexity index is 4600. The molecule has 0 saturated heterocycles. The van der Waals surface area contributed by atoms with Gasteiger partial charge in [0.15, 0.2) is 0 Å². The fourth-order valence-corrected chi connectivity index (χ4v) is 12.0. The summed E-state index contributed by atoms with van der Waals surface area (Å²) in [5.41, 5.74) is 17.5. The Hall–Kier alpha value is -9.50. The van der Waals surface area contributed by atoms with E-state index in [1.807, 2.05) is 6.07 Å². The van der Waals surface area contributed by atoms with Crippen LogP contribution in [0, 0.1) is 0 Å². The standard InChI is InChI=1S/C70H42O2/c1-4-19-43(20-5-1)48-39-40-59(66-52-28-13-10-25-49(52)64(44-21-6-2-7-22-44)50-26-11-14-29-53(50)66)69-57-38-36-47(42-63(57)72-70(48)69)46-35-37-55-60(41-46)65(45-23-8-3-9-24-45)51-27-12-15-30-54(51)67(55)58-32-18-34-62-68(58)56-31-16-17-33-61(56)71-62/h1-42H. The maximum Gasteiger partial charge on any atom is 0.143 e. The molecule has 0 atom stereocenters.